The Balaban J connectivity index is 1.25. The minimum absolute atomic E-state index is 0.0470. The van der Waals surface area contributed by atoms with E-state index in [1.54, 1.807) is 26.4 Å². The van der Waals surface area contributed by atoms with Crippen molar-refractivity contribution in [1.82, 2.24) is 14.9 Å². The molecule has 2 aliphatic rings. The topological polar surface area (TPSA) is 132 Å². The number of fused-ring (bicyclic) bond motifs is 1. The van der Waals surface area contributed by atoms with Crippen LogP contribution in [0.5, 0.6) is 23.0 Å². The second kappa shape index (κ2) is 15.0. The Bertz CT molecular complexity index is 1980. The minimum atomic E-state index is -0.505. The molecule has 2 fully saturated rings. The maximum Gasteiger partial charge on any atom is 0.338 e. The van der Waals surface area contributed by atoms with Gasteiger partial charge in [0, 0.05) is 30.4 Å². The number of nitrogens with zero attached hydrogens (tertiary/aromatic N) is 4. The zero-order valence-electron chi connectivity index (χ0n) is 29.3. The molecule has 1 N–H and O–H groups in total. The maximum absolute atomic E-state index is 12.4. The molecule has 3 heterocycles. The Hall–Kier alpha value is -5.08. The van der Waals surface area contributed by atoms with E-state index in [1.165, 1.54) is 39.0 Å². The van der Waals surface area contributed by atoms with Gasteiger partial charge >= 0.3 is 5.97 Å². The van der Waals surface area contributed by atoms with Crippen LogP contribution in [0.2, 0.25) is 0 Å². The van der Waals surface area contributed by atoms with Crippen molar-refractivity contribution in [3.63, 3.8) is 0 Å². The molecule has 5 aromatic rings. The Kier molecular flexibility index (Phi) is 10.1. The zero-order chi connectivity index (χ0) is 35.5. The first-order valence-corrected chi connectivity index (χ1v) is 17.6. The van der Waals surface area contributed by atoms with Crippen molar-refractivity contribution >= 4 is 46.2 Å². The first-order valence-electron chi connectivity index (χ1n) is 16.8. The van der Waals surface area contributed by atoms with E-state index in [0.717, 1.165) is 61.2 Å². The summed E-state index contributed by atoms with van der Waals surface area (Å²) in [6.45, 7) is 1.16. The molecule has 0 spiro atoms. The lowest BCUT2D eigenvalue weighted by Gasteiger charge is -2.24. The van der Waals surface area contributed by atoms with Crippen molar-refractivity contribution in [3.05, 3.63) is 71.4 Å². The summed E-state index contributed by atoms with van der Waals surface area (Å²) < 4.78 is 43.9. The number of carbonyl (C=O) groups is 1. The lowest BCUT2D eigenvalue weighted by Crippen LogP contribution is -2.20. The zero-order valence-corrected chi connectivity index (χ0v) is 30.1. The maximum atomic E-state index is 12.4. The van der Waals surface area contributed by atoms with E-state index in [0.29, 0.717) is 57.3 Å². The summed E-state index contributed by atoms with van der Waals surface area (Å²) in [5.41, 5.74) is 3.72. The Morgan fingerprint density at radius 1 is 0.922 bits per heavy atom. The molecule has 13 nitrogen and oxygen atoms in total. The van der Waals surface area contributed by atoms with Gasteiger partial charge in [-0.05, 0) is 79.9 Å². The molecule has 0 amide bonds. The average Bonchev–Trinajstić information content (AvgIpc) is 3.81. The van der Waals surface area contributed by atoms with Crippen LogP contribution in [0.15, 0.2) is 64.0 Å². The van der Waals surface area contributed by atoms with Crippen LogP contribution in [-0.4, -0.2) is 63.1 Å². The van der Waals surface area contributed by atoms with Crippen LogP contribution >= 0.6 is 11.9 Å². The van der Waals surface area contributed by atoms with E-state index in [2.05, 4.69) is 21.2 Å². The van der Waals surface area contributed by atoms with Crippen molar-refractivity contribution in [2.75, 3.05) is 51.8 Å². The van der Waals surface area contributed by atoms with Gasteiger partial charge in [-0.25, -0.2) is 9.48 Å². The molecule has 3 aromatic carbocycles. The number of hydrogen-bond acceptors (Lipinski definition) is 13. The number of ether oxygens (including phenoxy) is 6. The molecule has 268 valence electrons. The average molecular weight is 716 g/mol. The van der Waals surface area contributed by atoms with E-state index in [9.17, 15) is 4.79 Å². The molecule has 1 saturated heterocycles. The highest BCUT2D eigenvalue weighted by Gasteiger charge is 2.32. The van der Waals surface area contributed by atoms with Gasteiger partial charge in [-0.3, -0.25) is 4.31 Å². The fourth-order valence-corrected chi connectivity index (χ4v) is 7.32. The highest BCUT2D eigenvalue weighted by molar-refractivity contribution is 8.00. The third kappa shape index (κ3) is 7.24. The third-order valence-electron chi connectivity index (χ3n) is 9.03. The predicted molar refractivity (Wildman–Crippen MR) is 193 cm³/mol. The van der Waals surface area contributed by atoms with Crippen LogP contribution in [0.1, 0.15) is 65.9 Å². The predicted octanol–water partition coefficient (Wildman–Crippen LogP) is 7.88. The van der Waals surface area contributed by atoms with Crippen LogP contribution in [0, 0.1) is 0 Å². The Morgan fingerprint density at radius 2 is 1.67 bits per heavy atom. The fourth-order valence-electron chi connectivity index (χ4n) is 6.20. The molecular formula is C37H41N5O8S. The molecule has 1 atom stereocenters. The summed E-state index contributed by atoms with van der Waals surface area (Å²) in [6.07, 6.45) is 5.43. The van der Waals surface area contributed by atoms with Gasteiger partial charge in [0.1, 0.15) is 27.9 Å². The van der Waals surface area contributed by atoms with Crippen LogP contribution in [0.25, 0.3) is 11.0 Å². The van der Waals surface area contributed by atoms with Gasteiger partial charge in [-0.15, -0.1) is 0 Å². The molecule has 2 aromatic heterocycles. The standard InChI is InChI=1S/C37H41N5O8S/c1-44-25-13-9-22(10-14-25)21-41(51-35-31(46-3)16-24(37(43)48-5)17-32(35)47-4)36-26-18-30(45-2)27(19-29(26)50-40-36)38-33-20-28(23-11-12-23)42(39-33)34-8-6-7-15-49-34/h9-10,13-14,16-20,23,34H,6-8,11-12,15,21H2,1-5H3,(H,38,39). The highest BCUT2D eigenvalue weighted by atomic mass is 32.2. The largest absolute Gasteiger partial charge is 0.497 e. The number of esters is 1. The van der Waals surface area contributed by atoms with Gasteiger partial charge in [0.05, 0.1) is 58.7 Å². The number of rotatable bonds is 14. The van der Waals surface area contributed by atoms with Gasteiger partial charge in [0.15, 0.2) is 23.4 Å². The van der Waals surface area contributed by atoms with Gasteiger partial charge in [-0.2, -0.15) is 5.10 Å². The second-order valence-corrected chi connectivity index (χ2v) is 13.4. The number of nitrogens with one attached hydrogen (secondary N) is 1. The molecule has 1 unspecified atom stereocenters. The van der Waals surface area contributed by atoms with E-state index >= 15 is 0 Å². The molecule has 51 heavy (non-hydrogen) atoms. The van der Waals surface area contributed by atoms with Gasteiger partial charge in [0.25, 0.3) is 0 Å². The SMILES string of the molecule is COC(=O)c1cc(OC)c(SN(Cc2ccc(OC)cc2)c2noc3cc(Nc4cc(C5CC5)n(C5CCCCO5)n4)c(OC)cc23)c(OC)c1. The van der Waals surface area contributed by atoms with E-state index in [-0.39, 0.29) is 6.23 Å². The number of carbonyl (C=O) groups excluding carboxylic acids is 1. The quantitative estimate of drug-likeness (QED) is 0.0884. The van der Waals surface area contributed by atoms with Gasteiger partial charge < -0.3 is 38.3 Å². The number of hydrogen-bond donors (Lipinski definition) is 1. The molecule has 1 aliphatic carbocycles. The van der Waals surface area contributed by atoms with E-state index < -0.39 is 5.97 Å². The normalized spacial score (nSPS) is 15.7. The Morgan fingerprint density at radius 3 is 2.29 bits per heavy atom. The number of benzene rings is 3. The molecule has 0 bridgehead atoms. The second-order valence-electron chi connectivity index (χ2n) is 12.4. The van der Waals surface area contributed by atoms with Crippen LogP contribution in [-0.2, 0) is 16.0 Å². The molecule has 14 heteroatoms. The summed E-state index contributed by atoms with van der Waals surface area (Å²) >= 11 is 1.34. The third-order valence-corrected chi connectivity index (χ3v) is 10.1. The van der Waals surface area contributed by atoms with Crippen molar-refractivity contribution in [1.29, 1.82) is 0 Å². The summed E-state index contributed by atoms with van der Waals surface area (Å²) in [7, 11) is 7.67. The summed E-state index contributed by atoms with van der Waals surface area (Å²) in [6, 6.07) is 16.9. The Labute approximate surface area is 300 Å². The number of methoxy groups -OCH3 is 5. The summed E-state index contributed by atoms with van der Waals surface area (Å²) in [5, 5.41) is 13.7. The number of aromatic nitrogens is 3. The first-order chi connectivity index (χ1) is 24.9. The van der Waals surface area contributed by atoms with E-state index in [1.807, 2.05) is 40.7 Å². The lowest BCUT2D eigenvalue weighted by atomic mass is 10.2. The summed E-state index contributed by atoms with van der Waals surface area (Å²) in [5.74, 6) is 3.46. The fraction of sp³-hybridized carbons (Fsp3) is 0.378. The van der Waals surface area contributed by atoms with Gasteiger partial charge in [0.2, 0.25) is 0 Å². The monoisotopic (exact) mass is 715 g/mol. The van der Waals surface area contributed by atoms with E-state index in [4.69, 9.17) is 38.0 Å². The lowest BCUT2D eigenvalue weighted by molar-refractivity contribution is -0.0409. The molecule has 7 rings (SSSR count). The van der Waals surface area contributed by atoms with Crippen LogP contribution < -0.4 is 28.6 Å². The molecule has 1 aliphatic heterocycles. The minimum Gasteiger partial charge on any atom is -0.497 e. The van der Waals surface area contributed by atoms with Crippen LogP contribution in [0.4, 0.5) is 17.3 Å². The van der Waals surface area contributed by atoms with Crippen LogP contribution in [0.3, 0.4) is 0 Å². The van der Waals surface area contributed by atoms with Gasteiger partial charge in [-0.1, -0.05) is 17.3 Å². The van der Waals surface area contributed by atoms with Crippen molar-refractivity contribution < 1.29 is 37.7 Å². The van der Waals surface area contributed by atoms with Crippen molar-refractivity contribution in [2.45, 2.75) is 55.7 Å². The van der Waals surface area contributed by atoms with Crippen molar-refractivity contribution in [3.8, 4) is 23.0 Å². The first kappa shape index (κ1) is 34.4. The molecule has 1 saturated carbocycles. The molecular weight excluding hydrogens is 675 g/mol. The summed E-state index contributed by atoms with van der Waals surface area (Å²) in [4.78, 5) is 13.1. The highest BCUT2D eigenvalue weighted by Crippen LogP contribution is 2.46. The molecule has 0 radical (unpaired) electrons. The number of anilines is 3. The van der Waals surface area contributed by atoms with Crippen molar-refractivity contribution in [2.24, 2.45) is 0 Å². The smallest absolute Gasteiger partial charge is 0.338 e.